The lowest BCUT2D eigenvalue weighted by Crippen LogP contribution is -2.38. The van der Waals surface area contributed by atoms with Crippen LogP contribution in [0.4, 0.5) is 4.79 Å². The molecular weight excluding hydrogens is 306 g/mol. The summed E-state index contributed by atoms with van der Waals surface area (Å²) in [5.74, 6) is -0.265. The summed E-state index contributed by atoms with van der Waals surface area (Å²) in [4.78, 5) is 25.5. The van der Waals surface area contributed by atoms with Crippen molar-refractivity contribution in [2.45, 2.75) is 48.6 Å². The standard InChI is InChI=1S/C13H19N5O3S/c1-2-5-13(11(19)20,17-18-14)6-3-4-9-10-8(7-22-9)15-12(21)16-10/h2,8-10H,1,3-7H2,(H,19,20)(H2,15,16,21)/t8-,9-,10-,13?/m0/s1. The highest BCUT2D eigenvalue weighted by atomic mass is 32.2. The zero-order valence-electron chi connectivity index (χ0n) is 12.1. The van der Waals surface area contributed by atoms with Gasteiger partial charge in [-0.2, -0.15) is 11.8 Å². The molecule has 2 aliphatic rings. The summed E-state index contributed by atoms with van der Waals surface area (Å²) < 4.78 is 0. The van der Waals surface area contributed by atoms with Crippen LogP contribution in [-0.4, -0.2) is 45.7 Å². The van der Waals surface area contributed by atoms with Gasteiger partial charge in [-0.1, -0.05) is 17.6 Å². The number of hydrogen-bond acceptors (Lipinski definition) is 4. The predicted octanol–water partition coefficient (Wildman–Crippen LogP) is 2.03. The van der Waals surface area contributed by atoms with Crippen molar-refractivity contribution in [2.75, 3.05) is 5.75 Å². The maximum Gasteiger partial charge on any atom is 0.315 e. The molecule has 22 heavy (non-hydrogen) atoms. The first-order valence-electron chi connectivity index (χ1n) is 7.11. The summed E-state index contributed by atoms with van der Waals surface area (Å²) in [5.41, 5.74) is 7.18. The van der Waals surface area contributed by atoms with Gasteiger partial charge in [0, 0.05) is 15.9 Å². The summed E-state index contributed by atoms with van der Waals surface area (Å²) in [6, 6.07) is 0.105. The Morgan fingerprint density at radius 3 is 3.05 bits per heavy atom. The largest absolute Gasteiger partial charge is 0.481 e. The maximum atomic E-state index is 11.5. The molecular formula is C13H19N5O3S. The van der Waals surface area contributed by atoms with E-state index in [9.17, 15) is 14.7 Å². The van der Waals surface area contributed by atoms with Gasteiger partial charge < -0.3 is 15.7 Å². The highest BCUT2D eigenvalue weighted by Gasteiger charge is 2.43. The lowest BCUT2D eigenvalue weighted by atomic mass is 9.89. The molecule has 0 radical (unpaired) electrons. The average molecular weight is 325 g/mol. The fraction of sp³-hybridized carbons (Fsp3) is 0.692. The molecule has 0 aromatic rings. The minimum absolute atomic E-state index is 0.0931. The van der Waals surface area contributed by atoms with E-state index in [1.165, 1.54) is 6.08 Å². The third-order valence-electron chi connectivity index (χ3n) is 4.13. The van der Waals surface area contributed by atoms with Crippen molar-refractivity contribution >= 4 is 23.8 Å². The van der Waals surface area contributed by atoms with Crippen molar-refractivity contribution in [3.63, 3.8) is 0 Å². The third-order valence-corrected chi connectivity index (χ3v) is 5.64. The molecule has 0 aromatic carbocycles. The van der Waals surface area contributed by atoms with E-state index in [1.807, 2.05) is 0 Å². The Hall–Kier alpha value is -1.86. The van der Waals surface area contributed by atoms with Crippen LogP contribution in [0.1, 0.15) is 25.7 Å². The normalized spacial score (nSPS) is 28.7. The molecule has 2 amide bonds. The Kier molecular flexibility index (Phi) is 5.20. The number of thioether (sulfide) groups is 1. The maximum absolute atomic E-state index is 11.5. The van der Waals surface area contributed by atoms with Crippen LogP contribution in [0.5, 0.6) is 0 Å². The second-order valence-corrected chi connectivity index (χ2v) is 6.81. The van der Waals surface area contributed by atoms with Gasteiger partial charge in [-0.05, 0) is 24.8 Å². The summed E-state index contributed by atoms with van der Waals surface area (Å²) >= 11 is 1.77. The number of urea groups is 1. The molecule has 0 saturated carbocycles. The molecule has 120 valence electrons. The van der Waals surface area contributed by atoms with Crippen molar-refractivity contribution in [1.82, 2.24) is 10.6 Å². The number of carboxylic acid groups (broad SMARTS) is 1. The van der Waals surface area contributed by atoms with Gasteiger partial charge in [0.25, 0.3) is 0 Å². The van der Waals surface area contributed by atoms with Gasteiger partial charge in [-0.25, -0.2) is 4.79 Å². The first-order chi connectivity index (χ1) is 10.5. The van der Waals surface area contributed by atoms with Crippen molar-refractivity contribution in [3.8, 4) is 0 Å². The molecule has 0 bridgehead atoms. The summed E-state index contributed by atoms with van der Waals surface area (Å²) in [5, 5.41) is 18.9. The number of fused-ring (bicyclic) bond motifs is 1. The number of carbonyl (C=O) groups is 2. The Bertz CT molecular complexity index is 518. The van der Waals surface area contributed by atoms with E-state index in [0.717, 1.165) is 12.2 Å². The van der Waals surface area contributed by atoms with Crippen molar-refractivity contribution in [1.29, 1.82) is 0 Å². The minimum Gasteiger partial charge on any atom is -0.481 e. The fourth-order valence-corrected chi connectivity index (χ4v) is 4.54. The molecule has 3 N–H and O–H groups in total. The van der Waals surface area contributed by atoms with Gasteiger partial charge in [-0.3, -0.25) is 4.79 Å². The van der Waals surface area contributed by atoms with Gasteiger partial charge in [0.05, 0.1) is 12.1 Å². The number of aliphatic carboxylic acids is 1. The van der Waals surface area contributed by atoms with Crippen LogP contribution in [0, 0.1) is 0 Å². The van der Waals surface area contributed by atoms with Crippen molar-refractivity contribution in [2.24, 2.45) is 5.11 Å². The van der Waals surface area contributed by atoms with Crippen LogP contribution >= 0.6 is 11.8 Å². The minimum atomic E-state index is -1.46. The van der Waals surface area contributed by atoms with Crippen LogP contribution in [0.15, 0.2) is 17.8 Å². The number of amides is 2. The fourth-order valence-electron chi connectivity index (χ4n) is 2.99. The zero-order valence-corrected chi connectivity index (χ0v) is 12.9. The second-order valence-electron chi connectivity index (χ2n) is 5.53. The number of rotatable bonds is 8. The van der Waals surface area contributed by atoms with E-state index in [-0.39, 0.29) is 36.2 Å². The highest BCUT2D eigenvalue weighted by Crippen LogP contribution is 2.34. The quantitative estimate of drug-likeness (QED) is 0.207. The molecule has 8 nitrogen and oxygen atoms in total. The van der Waals surface area contributed by atoms with Crippen LogP contribution in [0.25, 0.3) is 10.4 Å². The van der Waals surface area contributed by atoms with Gasteiger partial charge in [0.1, 0.15) is 5.54 Å². The van der Waals surface area contributed by atoms with E-state index >= 15 is 0 Å². The van der Waals surface area contributed by atoms with Gasteiger partial charge in [0.2, 0.25) is 0 Å². The lowest BCUT2D eigenvalue weighted by molar-refractivity contribution is -0.143. The molecule has 1 unspecified atom stereocenters. The molecule has 2 heterocycles. The van der Waals surface area contributed by atoms with Crippen LogP contribution in [0.3, 0.4) is 0 Å². The third kappa shape index (κ3) is 3.31. The van der Waals surface area contributed by atoms with E-state index in [0.29, 0.717) is 6.42 Å². The van der Waals surface area contributed by atoms with E-state index in [2.05, 4.69) is 27.2 Å². The van der Waals surface area contributed by atoms with Crippen LogP contribution in [0.2, 0.25) is 0 Å². The summed E-state index contributed by atoms with van der Waals surface area (Å²) in [6.45, 7) is 3.54. The van der Waals surface area contributed by atoms with Gasteiger partial charge in [0.15, 0.2) is 0 Å². The number of hydrogen-bond donors (Lipinski definition) is 3. The van der Waals surface area contributed by atoms with E-state index in [1.54, 1.807) is 11.8 Å². The molecule has 0 aromatic heterocycles. The SMILES string of the molecule is C=CCC(CCC[C@@H]1SC[C@@H]2NC(=O)N[C@@H]21)(N=[N+]=[N-])C(=O)O. The monoisotopic (exact) mass is 325 g/mol. The Morgan fingerprint density at radius 1 is 1.64 bits per heavy atom. The number of azide groups is 1. The molecule has 2 aliphatic heterocycles. The van der Waals surface area contributed by atoms with E-state index in [4.69, 9.17) is 5.53 Å². The van der Waals surface area contributed by atoms with Gasteiger partial charge in [-0.15, -0.1) is 6.58 Å². The van der Waals surface area contributed by atoms with Crippen molar-refractivity contribution in [3.05, 3.63) is 23.1 Å². The van der Waals surface area contributed by atoms with Crippen LogP contribution < -0.4 is 10.6 Å². The first kappa shape index (κ1) is 16.5. The molecule has 0 aliphatic carbocycles. The Balaban J connectivity index is 1.93. The second kappa shape index (κ2) is 6.93. The number of nitrogens with one attached hydrogen (secondary N) is 2. The molecule has 0 spiro atoms. The summed E-state index contributed by atoms with van der Waals surface area (Å²) in [7, 11) is 0. The molecule has 9 heteroatoms. The Labute approximate surface area is 132 Å². The Morgan fingerprint density at radius 2 is 2.41 bits per heavy atom. The lowest BCUT2D eigenvalue weighted by Gasteiger charge is -2.24. The van der Waals surface area contributed by atoms with E-state index < -0.39 is 11.5 Å². The molecule has 2 saturated heterocycles. The number of carbonyl (C=O) groups excluding carboxylic acids is 1. The molecule has 2 rings (SSSR count). The topological polar surface area (TPSA) is 127 Å². The zero-order chi connectivity index (χ0) is 16.2. The smallest absolute Gasteiger partial charge is 0.315 e. The van der Waals surface area contributed by atoms with Crippen molar-refractivity contribution < 1.29 is 14.7 Å². The number of carboxylic acids is 1. The molecule has 2 fully saturated rings. The molecule has 4 atom stereocenters. The number of nitrogens with zero attached hydrogens (tertiary/aromatic N) is 3. The van der Waals surface area contributed by atoms with Crippen LogP contribution in [-0.2, 0) is 4.79 Å². The first-order valence-corrected chi connectivity index (χ1v) is 8.16. The summed E-state index contributed by atoms with van der Waals surface area (Å²) in [6.07, 6.45) is 3.20. The average Bonchev–Trinajstić information content (AvgIpc) is 2.99. The highest BCUT2D eigenvalue weighted by molar-refractivity contribution is 8.00. The predicted molar refractivity (Wildman–Crippen MR) is 83.7 cm³/mol. The van der Waals surface area contributed by atoms with Gasteiger partial charge >= 0.3 is 12.0 Å².